The average molecular weight is 493 g/mol. The van der Waals surface area contributed by atoms with Gasteiger partial charge in [-0.15, -0.1) is 0 Å². The lowest BCUT2D eigenvalue weighted by atomic mass is 9.90. The second-order valence-electron chi connectivity index (χ2n) is 9.08. The van der Waals surface area contributed by atoms with E-state index in [1.165, 1.54) is 0 Å². The summed E-state index contributed by atoms with van der Waals surface area (Å²) >= 11 is 0. The van der Waals surface area contributed by atoms with Crippen LogP contribution < -0.4 is 33.6 Å². The van der Waals surface area contributed by atoms with E-state index in [1.807, 2.05) is 60.7 Å². The monoisotopic (exact) mass is 492 g/mol. The number of hydrogen-bond donors (Lipinski definition) is 6. The van der Waals surface area contributed by atoms with Crippen LogP contribution in [0.3, 0.4) is 0 Å². The predicted molar refractivity (Wildman–Crippen MR) is 142 cm³/mol. The average Bonchev–Trinajstić information content (AvgIpc) is 2.85. The van der Waals surface area contributed by atoms with Gasteiger partial charge in [-0.3, -0.25) is 9.59 Å². The van der Waals surface area contributed by atoms with E-state index < -0.39 is 12.1 Å². The van der Waals surface area contributed by atoms with Gasteiger partial charge in [-0.1, -0.05) is 60.7 Å². The normalized spacial score (nSPS) is 18.8. The zero-order valence-corrected chi connectivity index (χ0v) is 20.3. The lowest BCUT2D eigenvalue weighted by molar-refractivity contribution is -0.124. The molecule has 192 valence electrons. The molecule has 1 aliphatic rings. The molecule has 2 amide bonds. The number of carbonyl (C=O) groups excluding carboxylic acids is 2. The molecule has 0 aliphatic heterocycles. The highest BCUT2D eigenvalue weighted by Gasteiger charge is 2.28. The van der Waals surface area contributed by atoms with Gasteiger partial charge in [0.2, 0.25) is 11.8 Å². The predicted octanol–water partition coefficient (Wildman–Crippen LogP) is 0.299. The first kappa shape index (κ1) is 26.5. The zero-order chi connectivity index (χ0) is 25.9. The summed E-state index contributed by atoms with van der Waals surface area (Å²) in [5.74, 6) is -0.669. The maximum absolute atomic E-state index is 12.9. The Morgan fingerprint density at radius 1 is 0.667 bits per heavy atom. The highest BCUT2D eigenvalue weighted by Crippen LogP contribution is 2.20. The van der Waals surface area contributed by atoms with Crippen LogP contribution in [0.25, 0.3) is 0 Å². The fourth-order valence-corrected chi connectivity index (χ4v) is 4.41. The Kier molecular flexibility index (Phi) is 9.67. The van der Waals surface area contributed by atoms with Crippen molar-refractivity contribution in [3.63, 3.8) is 0 Å². The molecule has 0 spiro atoms. The molecule has 10 nitrogen and oxygen atoms in total. The number of rotatable bonds is 10. The first-order valence-corrected chi connectivity index (χ1v) is 12.2. The fourth-order valence-electron chi connectivity index (χ4n) is 4.41. The summed E-state index contributed by atoms with van der Waals surface area (Å²) in [7, 11) is 0. The smallest absolute Gasteiger partial charge is 0.245 e. The minimum atomic E-state index is -0.701. The van der Waals surface area contributed by atoms with E-state index >= 15 is 0 Å². The van der Waals surface area contributed by atoms with Crippen molar-refractivity contribution >= 4 is 23.7 Å². The first-order valence-electron chi connectivity index (χ1n) is 12.2. The third-order valence-electron chi connectivity index (χ3n) is 6.18. The largest absolute Gasteiger partial charge is 0.370 e. The van der Waals surface area contributed by atoms with E-state index in [0.29, 0.717) is 12.8 Å². The molecule has 0 heterocycles. The number of aliphatic imine (C=N–C) groups is 2. The summed E-state index contributed by atoms with van der Waals surface area (Å²) in [6.45, 7) is 0. The van der Waals surface area contributed by atoms with Gasteiger partial charge in [0, 0.05) is 24.9 Å². The quantitative estimate of drug-likeness (QED) is 0.204. The van der Waals surface area contributed by atoms with Crippen LogP contribution in [0.1, 0.15) is 36.8 Å². The number of nitrogens with two attached hydrogens (primary N) is 4. The van der Waals surface area contributed by atoms with E-state index in [0.717, 1.165) is 36.8 Å². The van der Waals surface area contributed by atoms with Gasteiger partial charge in [0.15, 0.2) is 11.9 Å². The van der Waals surface area contributed by atoms with Crippen LogP contribution >= 0.6 is 0 Å². The van der Waals surface area contributed by atoms with Crippen molar-refractivity contribution in [3.05, 3.63) is 71.8 Å². The van der Waals surface area contributed by atoms with Gasteiger partial charge in [0.25, 0.3) is 0 Å². The van der Waals surface area contributed by atoms with E-state index in [1.54, 1.807) is 0 Å². The number of benzene rings is 2. The molecule has 2 aromatic carbocycles. The summed E-state index contributed by atoms with van der Waals surface area (Å²) < 4.78 is 0. The molecule has 0 bridgehead atoms. The van der Waals surface area contributed by atoms with Crippen molar-refractivity contribution in [2.24, 2.45) is 32.9 Å². The van der Waals surface area contributed by atoms with Crippen LogP contribution in [0.15, 0.2) is 70.6 Å². The summed E-state index contributed by atoms with van der Waals surface area (Å²) in [5.41, 5.74) is 24.2. The second kappa shape index (κ2) is 13.1. The molecule has 36 heavy (non-hydrogen) atoms. The molecule has 0 unspecified atom stereocenters. The van der Waals surface area contributed by atoms with E-state index in [9.17, 15) is 9.59 Å². The molecular formula is C26H36N8O2. The van der Waals surface area contributed by atoms with Crippen LogP contribution in [0.4, 0.5) is 0 Å². The minimum Gasteiger partial charge on any atom is -0.370 e. The van der Waals surface area contributed by atoms with Gasteiger partial charge in [0.05, 0.1) is 0 Å². The number of guanidine groups is 2. The maximum atomic E-state index is 12.9. The molecule has 0 radical (unpaired) electrons. The Balaban J connectivity index is 1.52. The van der Waals surface area contributed by atoms with E-state index in [-0.39, 0.29) is 35.8 Å². The lowest BCUT2D eigenvalue weighted by Crippen LogP contribution is -2.48. The molecule has 1 aliphatic carbocycles. The zero-order valence-electron chi connectivity index (χ0n) is 20.3. The standard InChI is InChI=1S/C26H36N8O2/c27-25(28)33-21(15-17-7-3-1-4-8-17)23(35)31-19-11-13-20(14-12-19)32-24(36)22(34-26(29)30)16-18-9-5-2-6-10-18/h1-10,19-22H,11-16H2,(H,31,35)(H,32,36)(H4,27,28,33)(H4,29,30,34)/t19?,20?,21-,22+. The molecule has 10 heteroatoms. The number of nitrogens with zero attached hydrogens (tertiary/aromatic N) is 2. The van der Waals surface area contributed by atoms with Crippen LogP contribution in [0.5, 0.6) is 0 Å². The Labute approximate surface area is 211 Å². The fraction of sp³-hybridized carbons (Fsp3) is 0.385. The van der Waals surface area contributed by atoms with Crippen molar-refractivity contribution in [1.29, 1.82) is 0 Å². The minimum absolute atomic E-state index is 0.0176. The first-order chi connectivity index (χ1) is 17.3. The van der Waals surface area contributed by atoms with Crippen LogP contribution in [-0.4, -0.2) is 47.9 Å². The molecule has 1 fully saturated rings. The van der Waals surface area contributed by atoms with Crippen LogP contribution in [-0.2, 0) is 22.4 Å². The Hall–Kier alpha value is -4.08. The van der Waals surface area contributed by atoms with Crippen LogP contribution in [0, 0.1) is 0 Å². The van der Waals surface area contributed by atoms with Gasteiger partial charge in [0.1, 0.15) is 12.1 Å². The van der Waals surface area contributed by atoms with Crippen molar-refractivity contribution in [1.82, 2.24) is 10.6 Å². The molecule has 10 N–H and O–H groups in total. The summed E-state index contributed by atoms with van der Waals surface area (Å²) in [6.07, 6.45) is 3.71. The second-order valence-corrected chi connectivity index (χ2v) is 9.08. The molecule has 2 aromatic rings. The molecule has 1 saturated carbocycles. The molecule has 3 rings (SSSR count). The molecular weight excluding hydrogens is 456 g/mol. The molecule has 2 atom stereocenters. The third kappa shape index (κ3) is 8.61. The van der Waals surface area contributed by atoms with Gasteiger partial charge in [-0.2, -0.15) is 0 Å². The van der Waals surface area contributed by atoms with Gasteiger partial charge >= 0.3 is 0 Å². The van der Waals surface area contributed by atoms with Gasteiger partial charge in [-0.05, 0) is 36.8 Å². The Bertz CT molecular complexity index is 957. The summed E-state index contributed by atoms with van der Waals surface area (Å²) in [5, 5.41) is 6.15. The SMILES string of the molecule is NC(N)=N[C@@H](Cc1ccccc1)C(=O)NC1CCC(NC(=O)[C@@H](Cc2ccccc2)N=C(N)N)CC1. The summed E-state index contributed by atoms with van der Waals surface area (Å²) in [6, 6.07) is 17.8. The number of carbonyl (C=O) groups is 2. The third-order valence-corrected chi connectivity index (χ3v) is 6.18. The summed E-state index contributed by atoms with van der Waals surface area (Å²) in [4.78, 5) is 34.2. The molecule has 0 aromatic heterocycles. The Morgan fingerprint density at radius 2 is 1.00 bits per heavy atom. The number of nitrogens with one attached hydrogen (secondary N) is 2. The number of hydrogen-bond acceptors (Lipinski definition) is 4. The van der Waals surface area contributed by atoms with Gasteiger partial charge < -0.3 is 33.6 Å². The van der Waals surface area contributed by atoms with E-state index in [4.69, 9.17) is 22.9 Å². The van der Waals surface area contributed by atoms with Crippen molar-refractivity contribution in [3.8, 4) is 0 Å². The number of amides is 2. The highest BCUT2D eigenvalue weighted by atomic mass is 16.2. The topological polar surface area (TPSA) is 187 Å². The van der Waals surface area contributed by atoms with Crippen molar-refractivity contribution < 1.29 is 9.59 Å². The van der Waals surface area contributed by atoms with Gasteiger partial charge in [-0.25, -0.2) is 9.98 Å². The maximum Gasteiger partial charge on any atom is 0.245 e. The van der Waals surface area contributed by atoms with Crippen molar-refractivity contribution in [2.75, 3.05) is 0 Å². The van der Waals surface area contributed by atoms with Crippen LogP contribution in [0.2, 0.25) is 0 Å². The lowest BCUT2D eigenvalue weighted by Gasteiger charge is -2.31. The van der Waals surface area contributed by atoms with Crippen molar-refractivity contribution in [2.45, 2.75) is 62.7 Å². The Morgan fingerprint density at radius 3 is 1.31 bits per heavy atom. The highest BCUT2D eigenvalue weighted by molar-refractivity contribution is 5.87. The molecule has 0 saturated heterocycles. The van der Waals surface area contributed by atoms with E-state index in [2.05, 4.69) is 20.6 Å².